The molecule has 0 unspecified atom stereocenters. The van der Waals surface area contributed by atoms with Gasteiger partial charge in [-0.3, -0.25) is 9.79 Å². The zero-order valence-electron chi connectivity index (χ0n) is 14.1. The lowest BCUT2D eigenvalue weighted by Crippen LogP contribution is -2.35. The van der Waals surface area contributed by atoms with Crippen molar-refractivity contribution in [3.63, 3.8) is 0 Å². The molecule has 0 radical (unpaired) electrons. The molecular formula is C19H18F2N4O. The summed E-state index contributed by atoms with van der Waals surface area (Å²) in [5.41, 5.74) is 2.35. The van der Waals surface area contributed by atoms with Crippen LogP contribution in [0, 0.1) is 11.6 Å². The van der Waals surface area contributed by atoms with E-state index >= 15 is 0 Å². The highest BCUT2D eigenvalue weighted by atomic mass is 19.1. The first-order valence-electron chi connectivity index (χ1n) is 8.67. The van der Waals surface area contributed by atoms with Crippen LogP contribution in [0.25, 0.3) is 5.69 Å². The molecule has 26 heavy (non-hydrogen) atoms. The monoisotopic (exact) mass is 356 g/mol. The van der Waals surface area contributed by atoms with Crippen LogP contribution < -0.4 is 5.32 Å². The largest absolute Gasteiger partial charge is 0.344 e. The van der Waals surface area contributed by atoms with E-state index in [4.69, 9.17) is 0 Å². The second kappa shape index (κ2) is 6.82. The number of carbonyl (C=O) groups excluding carboxylic acids is 1. The number of aromatic nitrogens is 2. The molecule has 2 aromatic rings. The molecule has 0 bridgehead atoms. The van der Waals surface area contributed by atoms with Crippen molar-refractivity contribution in [2.24, 2.45) is 4.99 Å². The third-order valence-electron chi connectivity index (χ3n) is 4.71. The zero-order valence-corrected chi connectivity index (χ0v) is 14.1. The van der Waals surface area contributed by atoms with Gasteiger partial charge in [0.2, 0.25) is 0 Å². The van der Waals surface area contributed by atoms with Crippen LogP contribution in [-0.4, -0.2) is 27.9 Å². The first kappa shape index (κ1) is 16.6. The molecule has 0 saturated carbocycles. The van der Waals surface area contributed by atoms with E-state index in [-0.39, 0.29) is 17.6 Å². The minimum atomic E-state index is -0.663. The van der Waals surface area contributed by atoms with Crippen molar-refractivity contribution in [2.75, 3.05) is 6.54 Å². The number of rotatable bonds is 3. The summed E-state index contributed by atoms with van der Waals surface area (Å²) in [5, 5.41) is 7.29. The van der Waals surface area contributed by atoms with E-state index in [2.05, 4.69) is 15.4 Å². The molecule has 5 nitrogen and oxygen atoms in total. The van der Waals surface area contributed by atoms with Crippen molar-refractivity contribution in [2.45, 2.75) is 31.7 Å². The fraction of sp³-hybridized carbons (Fsp3) is 0.316. The lowest BCUT2D eigenvalue weighted by Gasteiger charge is -2.24. The summed E-state index contributed by atoms with van der Waals surface area (Å²) in [7, 11) is 0. The van der Waals surface area contributed by atoms with Gasteiger partial charge in [0.25, 0.3) is 5.91 Å². The van der Waals surface area contributed by atoms with Crippen LogP contribution in [0.2, 0.25) is 0 Å². The lowest BCUT2D eigenvalue weighted by molar-refractivity contribution is -0.115. The maximum absolute atomic E-state index is 14.1. The highest BCUT2D eigenvalue weighted by molar-refractivity contribution is 6.43. The molecule has 2 heterocycles. The molecule has 0 spiro atoms. The van der Waals surface area contributed by atoms with Crippen LogP contribution in [0.15, 0.2) is 41.5 Å². The lowest BCUT2D eigenvalue weighted by atomic mass is 9.92. The van der Waals surface area contributed by atoms with Crippen molar-refractivity contribution in [3.05, 3.63) is 59.4 Å². The third-order valence-corrected chi connectivity index (χ3v) is 4.71. The standard InChI is InChI=1S/C19H18F2N4O/c20-12-7-8-18(14(21)10-12)25-17-6-3-5-15(13(17)11-23-25)24-19(26)16-4-1-2-9-22-16/h1,4,7-8,10-11,15H,2-3,5-6,9H2,(H,24,26)/t15-/m1/s1. The van der Waals surface area contributed by atoms with E-state index < -0.39 is 11.6 Å². The number of nitrogens with zero attached hydrogens (tertiary/aromatic N) is 3. The minimum absolute atomic E-state index is 0.193. The predicted octanol–water partition coefficient (Wildman–Crippen LogP) is 3.05. The Kier molecular flexibility index (Phi) is 4.36. The Morgan fingerprint density at radius 3 is 2.96 bits per heavy atom. The first-order valence-corrected chi connectivity index (χ1v) is 8.67. The van der Waals surface area contributed by atoms with Gasteiger partial charge in [0.05, 0.1) is 12.2 Å². The SMILES string of the molecule is O=C(N[C@@H]1CCCc2c1cnn2-c1ccc(F)cc1F)C1=NCCC=C1. The first-order chi connectivity index (χ1) is 12.6. The average molecular weight is 356 g/mol. The summed E-state index contributed by atoms with van der Waals surface area (Å²) in [6.45, 7) is 0.622. The summed E-state index contributed by atoms with van der Waals surface area (Å²) >= 11 is 0. The topological polar surface area (TPSA) is 59.3 Å². The van der Waals surface area contributed by atoms with Gasteiger partial charge in [-0.05, 0) is 43.9 Å². The van der Waals surface area contributed by atoms with Gasteiger partial charge in [0.15, 0.2) is 5.82 Å². The van der Waals surface area contributed by atoms with Crippen LogP contribution in [0.5, 0.6) is 0 Å². The molecule has 0 fully saturated rings. The van der Waals surface area contributed by atoms with Gasteiger partial charge in [-0.1, -0.05) is 6.08 Å². The Labute approximate surface area is 149 Å². The van der Waals surface area contributed by atoms with Crippen molar-refractivity contribution >= 4 is 11.6 Å². The zero-order chi connectivity index (χ0) is 18.1. The number of dihydropyridines is 1. The highest BCUT2D eigenvalue weighted by Gasteiger charge is 2.27. The van der Waals surface area contributed by atoms with Gasteiger partial charge in [-0.15, -0.1) is 0 Å². The molecule has 2 aliphatic rings. The number of aliphatic imine (C=N–C) groups is 1. The fourth-order valence-corrected chi connectivity index (χ4v) is 3.45. The Morgan fingerprint density at radius 1 is 1.31 bits per heavy atom. The average Bonchev–Trinajstić information content (AvgIpc) is 3.07. The molecule has 7 heteroatoms. The van der Waals surface area contributed by atoms with Gasteiger partial charge in [0.1, 0.15) is 17.2 Å². The minimum Gasteiger partial charge on any atom is -0.344 e. The van der Waals surface area contributed by atoms with E-state index in [0.717, 1.165) is 43.0 Å². The van der Waals surface area contributed by atoms with E-state index in [0.29, 0.717) is 12.3 Å². The van der Waals surface area contributed by atoms with Crippen molar-refractivity contribution in [3.8, 4) is 5.69 Å². The molecule has 0 saturated heterocycles. The fourth-order valence-electron chi connectivity index (χ4n) is 3.45. The van der Waals surface area contributed by atoms with E-state index in [1.807, 2.05) is 6.08 Å². The third kappa shape index (κ3) is 3.05. The number of nitrogens with one attached hydrogen (secondary N) is 1. The van der Waals surface area contributed by atoms with E-state index in [1.54, 1.807) is 12.3 Å². The summed E-state index contributed by atoms with van der Waals surface area (Å²) in [4.78, 5) is 16.7. The molecule has 1 aromatic heterocycles. The molecule has 1 N–H and O–H groups in total. The number of hydrogen-bond acceptors (Lipinski definition) is 3. The quantitative estimate of drug-likeness (QED) is 0.919. The van der Waals surface area contributed by atoms with E-state index in [9.17, 15) is 13.6 Å². The van der Waals surface area contributed by atoms with Crippen molar-refractivity contribution in [1.82, 2.24) is 15.1 Å². The number of amides is 1. The molecular weight excluding hydrogens is 338 g/mol. The van der Waals surface area contributed by atoms with Crippen LogP contribution >= 0.6 is 0 Å². The number of fused-ring (bicyclic) bond motifs is 1. The molecule has 4 rings (SSSR count). The van der Waals surface area contributed by atoms with Crippen LogP contribution in [0.4, 0.5) is 8.78 Å². The molecule has 1 aromatic carbocycles. The normalized spacial score (nSPS) is 19.0. The van der Waals surface area contributed by atoms with Crippen LogP contribution in [0.1, 0.15) is 36.6 Å². The molecule has 1 aliphatic carbocycles. The Bertz CT molecular complexity index is 916. The second-order valence-corrected chi connectivity index (χ2v) is 6.43. The number of carbonyl (C=O) groups is 1. The Hall–Kier alpha value is -2.83. The maximum atomic E-state index is 14.1. The predicted molar refractivity (Wildman–Crippen MR) is 93.4 cm³/mol. The second-order valence-electron chi connectivity index (χ2n) is 6.43. The van der Waals surface area contributed by atoms with Gasteiger partial charge in [0, 0.05) is 23.9 Å². The summed E-state index contributed by atoms with van der Waals surface area (Å²) in [6.07, 6.45) is 8.52. The molecule has 1 aliphatic heterocycles. The molecule has 134 valence electrons. The number of benzene rings is 1. The van der Waals surface area contributed by atoms with Crippen molar-refractivity contribution in [1.29, 1.82) is 0 Å². The van der Waals surface area contributed by atoms with Gasteiger partial charge >= 0.3 is 0 Å². The highest BCUT2D eigenvalue weighted by Crippen LogP contribution is 2.31. The van der Waals surface area contributed by atoms with Gasteiger partial charge < -0.3 is 5.32 Å². The van der Waals surface area contributed by atoms with Gasteiger partial charge in [-0.2, -0.15) is 5.10 Å². The Balaban J connectivity index is 1.61. The summed E-state index contributed by atoms with van der Waals surface area (Å²) in [5.74, 6) is -1.50. The Morgan fingerprint density at radius 2 is 2.19 bits per heavy atom. The van der Waals surface area contributed by atoms with E-state index in [1.165, 1.54) is 16.8 Å². The smallest absolute Gasteiger partial charge is 0.269 e. The summed E-state index contributed by atoms with van der Waals surface area (Å²) in [6, 6.07) is 3.24. The maximum Gasteiger partial charge on any atom is 0.269 e. The number of halogens is 2. The van der Waals surface area contributed by atoms with Crippen LogP contribution in [-0.2, 0) is 11.2 Å². The van der Waals surface area contributed by atoms with Gasteiger partial charge in [-0.25, -0.2) is 13.5 Å². The van der Waals surface area contributed by atoms with Crippen LogP contribution in [0.3, 0.4) is 0 Å². The molecule has 1 atom stereocenters. The molecule has 1 amide bonds. The van der Waals surface area contributed by atoms with Crippen molar-refractivity contribution < 1.29 is 13.6 Å². The number of hydrogen-bond donors (Lipinski definition) is 1. The summed E-state index contributed by atoms with van der Waals surface area (Å²) < 4.78 is 28.8.